The highest BCUT2D eigenvalue weighted by molar-refractivity contribution is 5.72. The van der Waals surface area contributed by atoms with E-state index in [4.69, 9.17) is 4.74 Å². The molecule has 3 nitrogen and oxygen atoms in total. The normalized spacial score (nSPS) is 21.5. The van der Waals surface area contributed by atoms with Gasteiger partial charge in [-0.05, 0) is 20.8 Å². The average molecular weight is 157 g/mol. The highest BCUT2D eigenvalue weighted by Gasteiger charge is 2.27. The molecular weight excluding hydrogens is 142 g/mol. The number of hydrogen-bond acceptors (Lipinski definition) is 3. The van der Waals surface area contributed by atoms with E-state index in [-0.39, 0.29) is 11.5 Å². The third-order valence-electron chi connectivity index (χ3n) is 1.89. The fourth-order valence-corrected chi connectivity index (χ4v) is 1.12. The first-order valence-corrected chi connectivity index (χ1v) is 3.91. The summed E-state index contributed by atoms with van der Waals surface area (Å²) in [4.78, 5) is 13.0. The largest absolute Gasteiger partial charge is 0.463 e. The maximum atomic E-state index is 10.9. The second-order valence-corrected chi connectivity index (χ2v) is 3.81. The number of morpholine rings is 1. The molecule has 0 N–H and O–H groups in total. The number of carbonyl (C=O) groups is 1. The molecule has 0 aromatic carbocycles. The topological polar surface area (TPSA) is 29.5 Å². The van der Waals surface area contributed by atoms with E-state index in [0.29, 0.717) is 13.2 Å². The lowest BCUT2D eigenvalue weighted by atomic mass is 10.1. The summed E-state index contributed by atoms with van der Waals surface area (Å²) in [6.07, 6.45) is 0. The van der Waals surface area contributed by atoms with Gasteiger partial charge in [0.2, 0.25) is 0 Å². The Bertz CT molecular complexity index is 160. The first-order valence-electron chi connectivity index (χ1n) is 3.91. The molecule has 0 unspecified atom stereocenters. The van der Waals surface area contributed by atoms with Gasteiger partial charge in [0.1, 0.15) is 6.61 Å². The Kier molecular flexibility index (Phi) is 2.18. The predicted octanol–water partition coefficient (Wildman–Crippen LogP) is 0.644. The maximum Gasteiger partial charge on any atom is 0.320 e. The smallest absolute Gasteiger partial charge is 0.320 e. The standard InChI is InChI=1S/C8H15NO2/c1-8(2,3)9-4-5-11-7(10)6-9/h4-6H2,1-3H3. The zero-order valence-electron chi connectivity index (χ0n) is 7.39. The maximum absolute atomic E-state index is 10.9. The van der Waals surface area contributed by atoms with Crippen molar-refractivity contribution in [2.75, 3.05) is 19.7 Å². The van der Waals surface area contributed by atoms with Crippen LogP contribution in [0.25, 0.3) is 0 Å². The second-order valence-electron chi connectivity index (χ2n) is 3.81. The first kappa shape index (κ1) is 8.53. The molecule has 0 radical (unpaired) electrons. The molecule has 1 saturated heterocycles. The van der Waals surface area contributed by atoms with Crippen LogP contribution < -0.4 is 0 Å². The molecule has 1 aliphatic rings. The fourth-order valence-electron chi connectivity index (χ4n) is 1.12. The lowest BCUT2D eigenvalue weighted by Gasteiger charge is -2.37. The summed E-state index contributed by atoms with van der Waals surface area (Å²) in [6, 6.07) is 0. The van der Waals surface area contributed by atoms with E-state index in [1.165, 1.54) is 0 Å². The van der Waals surface area contributed by atoms with Crippen LogP contribution >= 0.6 is 0 Å². The van der Waals surface area contributed by atoms with Crippen molar-refractivity contribution < 1.29 is 9.53 Å². The van der Waals surface area contributed by atoms with Crippen LogP contribution in [-0.2, 0) is 9.53 Å². The molecule has 0 aromatic heterocycles. The average Bonchev–Trinajstić information content (AvgIpc) is 1.86. The number of hydrogen-bond donors (Lipinski definition) is 0. The van der Waals surface area contributed by atoms with Crippen molar-refractivity contribution in [2.45, 2.75) is 26.3 Å². The van der Waals surface area contributed by atoms with Crippen LogP contribution in [0.3, 0.4) is 0 Å². The van der Waals surface area contributed by atoms with E-state index >= 15 is 0 Å². The highest BCUT2D eigenvalue weighted by atomic mass is 16.5. The van der Waals surface area contributed by atoms with Crippen molar-refractivity contribution in [3.63, 3.8) is 0 Å². The Morgan fingerprint density at radius 1 is 1.45 bits per heavy atom. The van der Waals surface area contributed by atoms with Gasteiger partial charge >= 0.3 is 5.97 Å². The Balaban J connectivity index is 2.53. The molecule has 0 amide bonds. The number of cyclic esters (lactones) is 1. The first-order chi connectivity index (χ1) is 5.00. The van der Waals surface area contributed by atoms with E-state index in [1.807, 2.05) is 0 Å². The molecule has 11 heavy (non-hydrogen) atoms. The molecule has 0 saturated carbocycles. The minimum atomic E-state index is -0.105. The summed E-state index contributed by atoms with van der Waals surface area (Å²) in [7, 11) is 0. The van der Waals surface area contributed by atoms with Crippen LogP contribution in [0.4, 0.5) is 0 Å². The third kappa shape index (κ3) is 2.19. The molecule has 1 rings (SSSR count). The quantitative estimate of drug-likeness (QED) is 0.483. The molecule has 0 aliphatic carbocycles. The fraction of sp³-hybridized carbons (Fsp3) is 0.875. The van der Waals surface area contributed by atoms with Crippen molar-refractivity contribution in [1.29, 1.82) is 0 Å². The predicted molar refractivity (Wildman–Crippen MR) is 42.3 cm³/mol. The molecule has 1 heterocycles. The van der Waals surface area contributed by atoms with Crippen molar-refractivity contribution in [3.8, 4) is 0 Å². The van der Waals surface area contributed by atoms with Crippen molar-refractivity contribution in [2.24, 2.45) is 0 Å². The van der Waals surface area contributed by atoms with Gasteiger partial charge in [0, 0.05) is 12.1 Å². The van der Waals surface area contributed by atoms with E-state index in [9.17, 15) is 4.79 Å². The molecule has 64 valence electrons. The van der Waals surface area contributed by atoms with Gasteiger partial charge in [0.15, 0.2) is 0 Å². The van der Waals surface area contributed by atoms with Gasteiger partial charge in [-0.2, -0.15) is 0 Å². The van der Waals surface area contributed by atoms with Gasteiger partial charge in [0.25, 0.3) is 0 Å². The lowest BCUT2D eigenvalue weighted by Crippen LogP contribution is -2.49. The minimum Gasteiger partial charge on any atom is -0.463 e. The summed E-state index contributed by atoms with van der Waals surface area (Å²) in [6.45, 7) is 8.14. The molecule has 3 heteroatoms. The lowest BCUT2D eigenvalue weighted by molar-refractivity contribution is -0.153. The Hall–Kier alpha value is -0.570. The number of esters is 1. The second kappa shape index (κ2) is 2.81. The molecule has 0 bridgehead atoms. The number of nitrogens with zero attached hydrogens (tertiary/aromatic N) is 1. The van der Waals surface area contributed by atoms with Crippen LogP contribution in [0.5, 0.6) is 0 Å². The molecule has 0 atom stereocenters. The van der Waals surface area contributed by atoms with Crippen molar-refractivity contribution in [3.05, 3.63) is 0 Å². The van der Waals surface area contributed by atoms with E-state index in [0.717, 1.165) is 6.54 Å². The molecule has 0 aromatic rings. The molecule has 1 aliphatic heterocycles. The molecular formula is C8H15NO2. The monoisotopic (exact) mass is 157 g/mol. The number of carbonyl (C=O) groups excluding carboxylic acids is 1. The SMILES string of the molecule is CC(C)(C)N1CCOC(=O)C1. The van der Waals surface area contributed by atoms with Gasteiger partial charge in [-0.25, -0.2) is 0 Å². The highest BCUT2D eigenvalue weighted by Crippen LogP contribution is 2.14. The summed E-state index contributed by atoms with van der Waals surface area (Å²) in [5.41, 5.74) is 0.0828. The van der Waals surface area contributed by atoms with Crippen molar-refractivity contribution >= 4 is 5.97 Å². The zero-order valence-corrected chi connectivity index (χ0v) is 7.39. The van der Waals surface area contributed by atoms with Crippen LogP contribution in [0.15, 0.2) is 0 Å². The Labute approximate surface area is 67.3 Å². The minimum absolute atomic E-state index is 0.0828. The molecule has 1 fully saturated rings. The number of ether oxygens (including phenoxy) is 1. The van der Waals surface area contributed by atoms with E-state index < -0.39 is 0 Å². The van der Waals surface area contributed by atoms with Gasteiger partial charge in [0.05, 0.1) is 6.54 Å². The van der Waals surface area contributed by atoms with E-state index in [2.05, 4.69) is 25.7 Å². The van der Waals surface area contributed by atoms with E-state index in [1.54, 1.807) is 0 Å². The third-order valence-corrected chi connectivity index (χ3v) is 1.89. The zero-order chi connectivity index (χ0) is 8.48. The number of rotatable bonds is 0. The Morgan fingerprint density at radius 3 is 2.45 bits per heavy atom. The van der Waals surface area contributed by atoms with Crippen molar-refractivity contribution in [1.82, 2.24) is 4.90 Å². The Morgan fingerprint density at radius 2 is 2.09 bits per heavy atom. The van der Waals surface area contributed by atoms with Crippen LogP contribution in [0.2, 0.25) is 0 Å². The summed E-state index contributed by atoms with van der Waals surface area (Å²) in [5.74, 6) is -0.105. The van der Waals surface area contributed by atoms with Crippen LogP contribution in [0.1, 0.15) is 20.8 Å². The summed E-state index contributed by atoms with van der Waals surface area (Å²) in [5, 5.41) is 0. The summed E-state index contributed by atoms with van der Waals surface area (Å²) < 4.78 is 4.82. The van der Waals surface area contributed by atoms with Gasteiger partial charge in [-0.3, -0.25) is 9.69 Å². The molecule has 0 spiro atoms. The summed E-state index contributed by atoms with van der Waals surface area (Å²) >= 11 is 0. The van der Waals surface area contributed by atoms with Crippen LogP contribution in [-0.4, -0.2) is 36.1 Å². The van der Waals surface area contributed by atoms with Gasteiger partial charge < -0.3 is 4.74 Å². The van der Waals surface area contributed by atoms with Gasteiger partial charge in [-0.1, -0.05) is 0 Å². The van der Waals surface area contributed by atoms with Crippen LogP contribution in [0, 0.1) is 0 Å². The van der Waals surface area contributed by atoms with Gasteiger partial charge in [-0.15, -0.1) is 0 Å².